The van der Waals surface area contributed by atoms with E-state index in [2.05, 4.69) is 28.2 Å². The minimum Gasteiger partial charge on any atom is -0.381 e. The molecule has 0 heterocycles. The predicted molar refractivity (Wildman–Crippen MR) is 69.1 cm³/mol. The minimum absolute atomic E-state index is 0.184. The molecule has 0 aliphatic heterocycles. The summed E-state index contributed by atoms with van der Waals surface area (Å²) in [6.07, 6.45) is 4.97. The molecule has 0 amide bonds. The van der Waals surface area contributed by atoms with Crippen molar-refractivity contribution in [3.05, 3.63) is 28.5 Å². The van der Waals surface area contributed by atoms with Gasteiger partial charge in [-0.15, -0.1) is 0 Å². The largest absolute Gasteiger partial charge is 0.381 e. The molecule has 1 nitrogen and oxygen atoms in total. The van der Waals surface area contributed by atoms with Gasteiger partial charge in [-0.2, -0.15) is 0 Å². The van der Waals surface area contributed by atoms with E-state index < -0.39 is 0 Å². The molecule has 0 saturated heterocycles. The van der Waals surface area contributed by atoms with Crippen LogP contribution in [0.1, 0.15) is 32.6 Å². The summed E-state index contributed by atoms with van der Waals surface area (Å²) in [7, 11) is 0. The van der Waals surface area contributed by atoms with E-state index in [1.54, 1.807) is 12.1 Å². The summed E-state index contributed by atoms with van der Waals surface area (Å²) < 4.78 is 14.1. The van der Waals surface area contributed by atoms with Crippen LogP contribution in [0.2, 0.25) is 0 Å². The molecule has 1 aliphatic rings. The summed E-state index contributed by atoms with van der Waals surface area (Å²) in [5.74, 6) is 0.548. The van der Waals surface area contributed by atoms with Crippen molar-refractivity contribution in [1.82, 2.24) is 0 Å². The Hall–Kier alpha value is -0.570. The fourth-order valence-corrected chi connectivity index (χ4v) is 2.88. The molecule has 1 aliphatic carbocycles. The second-order valence-corrected chi connectivity index (χ2v) is 5.33. The molecule has 3 heteroatoms. The highest BCUT2D eigenvalue weighted by Crippen LogP contribution is 2.33. The van der Waals surface area contributed by atoms with Crippen molar-refractivity contribution in [2.24, 2.45) is 5.92 Å². The molecule has 0 radical (unpaired) electrons. The topological polar surface area (TPSA) is 12.0 Å². The van der Waals surface area contributed by atoms with Crippen LogP contribution >= 0.6 is 15.9 Å². The van der Waals surface area contributed by atoms with Crippen molar-refractivity contribution in [1.29, 1.82) is 0 Å². The van der Waals surface area contributed by atoms with E-state index in [0.29, 0.717) is 6.04 Å². The van der Waals surface area contributed by atoms with Gasteiger partial charge in [0.2, 0.25) is 0 Å². The van der Waals surface area contributed by atoms with Gasteiger partial charge in [-0.3, -0.25) is 0 Å². The van der Waals surface area contributed by atoms with Crippen LogP contribution in [-0.2, 0) is 0 Å². The van der Waals surface area contributed by atoms with E-state index in [-0.39, 0.29) is 5.82 Å². The first kappa shape index (κ1) is 11.9. The Balaban J connectivity index is 2.11. The Labute approximate surface area is 105 Å². The van der Waals surface area contributed by atoms with Crippen molar-refractivity contribution in [3.8, 4) is 0 Å². The van der Waals surface area contributed by atoms with Gasteiger partial charge in [-0.25, -0.2) is 4.39 Å². The standard InChI is InChI=1S/C13H17BrFN/c1-2-9-4-3-5-12(9)16-13-8-10(15)6-7-11(13)14/h6-9,12,16H,2-5H2,1H3. The van der Waals surface area contributed by atoms with Gasteiger partial charge in [-0.1, -0.05) is 19.8 Å². The van der Waals surface area contributed by atoms with E-state index in [4.69, 9.17) is 0 Å². The molecule has 0 spiro atoms. The third kappa shape index (κ3) is 2.57. The maximum absolute atomic E-state index is 13.1. The highest BCUT2D eigenvalue weighted by molar-refractivity contribution is 9.10. The van der Waals surface area contributed by atoms with Gasteiger partial charge in [0.15, 0.2) is 0 Å². The Kier molecular flexibility index (Phi) is 3.85. The minimum atomic E-state index is -0.184. The SMILES string of the molecule is CCC1CCCC1Nc1cc(F)ccc1Br. The molecule has 16 heavy (non-hydrogen) atoms. The lowest BCUT2D eigenvalue weighted by molar-refractivity contribution is 0.488. The second-order valence-electron chi connectivity index (χ2n) is 4.47. The molecule has 1 aromatic carbocycles. The van der Waals surface area contributed by atoms with Crippen LogP contribution in [0.3, 0.4) is 0 Å². The number of hydrogen-bond donors (Lipinski definition) is 1. The summed E-state index contributed by atoms with van der Waals surface area (Å²) in [6, 6.07) is 5.30. The second kappa shape index (κ2) is 5.17. The van der Waals surface area contributed by atoms with Crippen molar-refractivity contribution in [2.45, 2.75) is 38.6 Å². The lowest BCUT2D eigenvalue weighted by Gasteiger charge is -2.21. The highest BCUT2D eigenvalue weighted by Gasteiger charge is 2.25. The van der Waals surface area contributed by atoms with Gasteiger partial charge in [0, 0.05) is 10.5 Å². The Bertz CT molecular complexity index is 367. The normalized spacial score (nSPS) is 24.7. The monoisotopic (exact) mass is 285 g/mol. The zero-order valence-electron chi connectivity index (χ0n) is 9.47. The molecule has 88 valence electrons. The average molecular weight is 286 g/mol. The van der Waals surface area contributed by atoms with Crippen LogP contribution < -0.4 is 5.32 Å². The summed E-state index contributed by atoms with van der Waals surface area (Å²) in [4.78, 5) is 0. The van der Waals surface area contributed by atoms with Crippen LogP contribution in [0, 0.1) is 11.7 Å². The fraction of sp³-hybridized carbons (Fsp3) is 0.538. The van der Waals surface area contributed by atoms with Gasteiger partial charge < -0.3 is 5.32 Å². The van der Waals surface area contributed by atoms with Gasteiger partial charge in [0.05, 0.1) is 5.69 Å². The highest BCUT2D eigenvalue weighted by atomic mass is 79.9. The molecule has 1 saturated carbocycles. The number of nitrogens with one attached hydrogen (secondary N) is 1. The van der Waals surface area contributed by atoms with Gasteiger partial charge >= 0.3 is 0 Å². The number of benzene rings is 1. The van der Waals surface area contributed by atoms with Crippen LogP contribution in [0.4, 0.5) is 10.1 Å². The third-order valence-corrected chi connectivity index (χ3v) is 4.14. The number of rotatable bonds is 3. The smallest absolute Gasteiger partial charge is 0.125 e. The first-order chi connectivity index (χ1) is 7.70. The number of halogens is 2. The van der Waals surface area contributed by atoms with Gasteiger partial charge in [0.1, 0.15) is 5.82 Å². The zero-order chi connectivity index (χ0) is 11.5. The van der Waals surface area contributed by atoms with Crippen LogP contribution in [-0.4, -0.2) is 6.04 Å². The molecule has 0 aromatic heterocycles. The molecule has 1 fully saturated rings. The van der Waals surface area contributed by atoms with Crippen molar-refractivity contribution in [2.75, 3.05) is 5.32 Å². The average Bonchev–Trinajstić information content (AvgIpc) is 2.71. The fourth-order valence-electron chi connectivity index (χ4n) is 2.52. The summed E-state index contributed by atoms with van der Waals surface area (Å²) >= 11 is 3.45. The van der Waals surface area contributed by atoms with Crippen LogP contribution in [0.5, 0.6) is 0 Å². The third-order valence-electron chi connectivity index (χ3n) is 3.45. The molecule has 1 N–H and O–H groups in total. The van der Waals surface area contributed by atoms with Crippen LogP contribution in [0.25, 0.3) is 0 Å². The van der Waals surface area contributed by atoms with Crippen molar-refractivity contribution < 1.29 is 4.39 Å². The lowest BCUT2D eigenvalue weighted by atomic mass is 10.0. The maximum Gasteiger partial charge on any atom is 0.125 e. The molecule has 2 rings (SSSR count). The quantitative estimate of drug-likeness (QED) is 0.857. The summed E-state index contributed by atoms with van der Waals surface area (Å²) in [6.45, 7) is 2.23. The first-order valence-electron chi connectivity index (χ1n) is 5.92. The zero-order valence-corrected chi connectivity index (χ0v) is 11.1. The van der Waals surface area contributed by atoms with E-state index >= 15 is 0 Å². The molecule has 1 aromatic rings. The Morgan fingerprint density at radius 1 is 1.44 bits per heavy atom. The Morgan fingerprint density at radius 3 is 3.00 bits per heavy atom. The van der Waals surface area contributed by atoms with Crippen molar-refractivity contribution in [3.63, 3.8) is 0 Å². The predicted octanol–water partition coefficient (Wildman–Crippen LogP) is 4.58. The molecule has 0 bridgehead atoms. The van der Waals surface area contributed by atoms with Gasteiger partial charge in [0.25, 0.3) is 0 Å². The molecule has 2 unspecified atom stereocenters. The van der Waals surface area contributed by atoms with E-state index in [9.17, 15) is 4.39 Å². The van der Waals surface area contributed by atoms with E-state index in [0.717, 1.165) is 16.1 Å². The van der Waals surface area contributed by atoms with E-state index in [1.807, 2.05) is 0 Å². The summed E-state index contributed by atoms with van der Waals surface area (Å²) in [5.41, 5.74) is 0.880. The molecule has 2 atom stereocenters. The molecular weight excluding hydrogens is 269 g/mol. The summed E-state index contributed by atoms with van der Waals surface area (Å²) in [5, 5.41) is 3.46. The van der Waals surface area contributed by atoms with Crippen molar-refractivity contribution >= 4 is 21.6 Å². The lowest BCUT2D eigenvalue weighted by Crippen LogP contribution is -2.23. The molecular formula is C13H17BrFN. The first-order valence-corrected chi connectivity index (χ1v) is 6.71. The van der Waals surface area contributed by atoms with Gasteiger partial charge in [-0.05, 0) is 52.9 Å². The Morgan fingerprint density at radius 2 is 2.25 bits per heavy atom. The maximum atomic E-state index is 13.1. The van der Waals surface area contributed by atoms with E-state index in [1.165, 1.54) is 31.7 Å². The van der Waals surface area contributed by atoms with Crippen LogP contribution in [0.15, 0.2) is 22.7 Å². The number of hydrogen-bond acceptors (Lipinski definition) is 1. The number of anilines is 1.